The Morgan fingerprint density at radius 1 is 0.731 bits per heavy atom. The molecule has 0 spiro atoms. The standard InChI is InChI=1S/C24H22OS/c1-25-20-14-11-18(12-15-20)13-16-22-21-9-5-6-10-23(21)26-24(22)17-19-7-3-2-4-8-19/h2-12,14-15H,13,16-17H2,1H3. The fourth-order valence-corrected chi connectivity index (χ4v) is 4.70. The van der Waals surface area contributed by atoms with Gasteiger partial charge < -0.3 is 4.74 Å². The van der Waals surface area contributed by atoms with Crippen LogP contribution < -0.4 is 4.74 Å². The lowest BCUT2D eigenvalue weighted by molar-refractivity contribution is 0.414. The lowest BCUT2D eigenvalue weighted by Gasteiger charge is -2.07. The highest BCUT2D eigenvalue weighted by atomic mass is 32.1. The molecule has 1 nitrogen and oxygen atoms in total. The van der Waals surface area contributed by atoms with Crippen molar-refractivity contribution in [2.75, 3.05) is 7.11 Å². The molecule has 0 aliphatic rings. The summed E-state index contributed by atoms with van der Waals surface area (Å²) in [5.74, 6) is 0.916. The van der Waals surface area contributed by atoms with Crippen molar-refractivity contribution in [1.29, 1.82) is 0 Å². The number of hydrogen-bond donors (Lipinski definition) is 0. The van der Waals surface area contributed by atoms with Crippen molar-refractivity contribution in [3.8, 4) is 5.75 Å². The van der Waals surface area contributed by atoms with Crippen LogP contribution in [0.25, 0.3) is 10.1 Å². The molecule has 1 heterocycles. The molecule has 130 valence electrons. The molecular formula is C24H22OS. The monoisotopic (exact) mass is 358 g/mol. The molecule has 0 bridgehead atoms. The molecule has 4 rings (SSSR count). The molecule has 2 heteroatoms. The van der Waals surface area contributed by atoms with Crippen molar-refractivity contribution in [1.82, 2.24) is 0 Å². The lowest BCUT2D eigenvalue weighted by Crippen LogP contribution is -1.95. The van der Waals surface area contributed by atoms with E-state index in [0.29, 0.717) is 0 Å². The van der Waals surface area contributed by atoms with Crippen molar-refractivity contribution < 1.29 is 4.74 Å². The van der Waals surface area contributed by atoms with E-state index in [2.05, 4.69) is 66.7 Å². The summed E-state index contributed by atoms with van der Waals surface area (Å²) in [5.41, 5.74) is 4.24. The first-order valence-corrected chi connectivity index (χ1v) is 9.81. The highest BCUT2D eigenvalue weighted by Gasteiger charge is 2.12. The first-order chi connectivity index (χ1) is 12.8. The van der Waals surface area contributed by atoms with E-state index in [-0.39, 0.29) is 0 Å². The fraction of sp³-hybridized carbons (Fsp3) is 0.167. The maximum atomic E-state index is 5.26. The number of benzene rings is 3. The van der Waals surface area contributed by atoms with E-state index in [9.17, 15) is 0 Å². The van der Waals surface area contributed by atoms with E-state index in [4.69, 9.17) is 4.74 Å². The predicted molar refractivity (Wildman–Crippen MR) is 111 cm³/mol. The van der Waals surface area contributed by atoms with E-state index in [1.165, 1.54) is 31.7 Å². The van der Waals surface area contributed by atoms with E-state index in [0.717, 1.165) is 25.0 Å². The minimum Gasteiger partial charge on any atom is -0.497 e. The van der Waals surface area contributed by atoms with Crippen molar-refractivity contribution in [3.05, 3.63) is 100 Å². The molecule has 0 N–H and O–H groups in total. The molecule has 4 aromatic rings. The van der Waals surface area contributed by atoms with Crippen LogP contribution in [-0.4, -0.2) is 7.11 Å². The molecule has 0 fully saturated rings. The minimum atomic E-state index is 0.916. The summed E-state index contributed by atoms with van der Waals surface area (Å²) in [4.78, 5) is 1.49. The fourth-order valence-electron chi connectivity index (χ4n) is 3.41. The van der Waals surface area contributed by atoms with Gasteiger partial charge in [0.25, 0.3) is 0 Å². The number of methoxy groups -OCH3 is 1. The number of fused-ring (bicyclic) bond motifs is 1. The normalized spacial score (nSPS) is 11.0. The van der Waals surface area contributed by atoms with Crippen molar-refractivity contribution in [2.24, 2.45) is 0 Å². The van der Waals surface area contributed by atoms with Gasteiger partial charge in [-0.1, -0.05) is 60.7 Å². The number of hydrogen-bond acceptors (Lipinski definition) is 2. The second-order valence-corrected chi connectivity index (χ2v) is 7.65. The second kappa shape index (κ2) is 7.76. The van der Waals surface area contributed by atoms with Crippen LogP contribution in [0.5, 0.6) is 5.75 Å². The van der Waals surface area contributed by atoms with Gasteiger partial charge in [-0.25, -0.2) is 0 Å². The van der Waals surface area contributed by atoms with Crippen LogP contribution >= 0.6 is 11.3 Å². The summed E-state index contributed by atoms with van der Waals surface area (Å²) in [7, 11) is 1.71. The molecule has 0 aliphatic carbocycles. The summed E-state index contributed by atoms with van der Waals surface area (Å²) in [6, 6.07) is 28.0. The quantitative estimate of drug-likeness (QED) is 0.394. The molecule has 0 atom stereocenters. The zero-order valence-corrected chi connectivity index (χ0v) is 15.8. The van der Waals surface area contributed by atoms with E-state index in [1.807, 2.05) is 23.5 Å². The Morgan fingerprint density at radius 2 is 1.46 bits per heavy atom. The summed E-state index contributed by atoms with van der Waals surface area (Å²) in [5, 5.41) is 1.41. The Bertz CT molecular complexity index is 984. The van der Waals surface area contributed by atoms with Gasteiger partial charge >= 0.3 is 0 Å². The largest absolute Gasteiger partial charge is 0.497 e. The van der Waals surface area contributed by atoms with Gasteiger partial charge in [0, 0.05) is 16.0 Å². The Morgan fingerprint density at radius 3 is 2.23 bits per heavy atom. The van der Waals surface area contributed by atoms with Crippen LogP contribution in [0.15, 0.2) is 78.9 Å². The number of rotatable bonds is 6. The number of ether oxygens (including phenoxy) is 1. The van der Waals surface area contributed by atoms with Crippen molar-refractivity contribution >= 4 is 21.4 Å². The Labute approximate surface area is 158 Å². The van der Waals surface area contributed by atoms with E-state index in [1.54, 1.807) is 7.11 Å². The van der Waals surface area contributed by atoms with Crippen molar-refractivity contribution in [2.45, 2.75) is 19.3 Å². The van der Waals surface area contributed by atoms with Crippen LogP contribution in [0.3, 0.4) is 0 Å². The molecule has 0 aliphatic heterocycles. The number of aryl methyl sites for hydroxylation is 2. The molecule has 0 radical (unpaired) electrons. The Kier molecular flexibility index (Phi) is 5.03. The predicted octanol–water partition coefficient (Wildman–Crippen LogP) is 6.29. The van der Waals surface area contributed by atoms with E-state index < -0.39 is 0 Å². The smallest absolute Gasteiger partial charge is 0.118 e. The molecule has 3 aromatic carbocycles. The van der Waals surface area contributed by atoms with Crippen LogP contribution in [0, 0.1) is 0 Å². The maximum absolute atomic E-state index is 5.26. The van der Waals surface area contributed by atoms with Gasteiger partial charge in [0.05, 0.1) is 7.11 Å². The average molecular weight is 359 g/mol. The van der Waals surface area contributed by atoms with Crippen LogP contribution in [0.4, 0.5) is 0 Å². The SMILES string of the molecule is COc1ccc(CCc2c(Cc3ccccc3)sc3ccccc23)cc1. The molecule has 0 saturated heterocycles. The maximum Gasteiger partial charge on any atom is 0.118 e. The molecule has 1 aromatic heterocycles. The zero-order valence-electron chi connectivity index (χ0n) is 14.9. The first-order valence-electron chi connectivity index (χ1n) is 8.99. The molecule has 0 saturated carbocycles. The third-order valence-corrected chi connectivity index (χ3v) is 6.03. The second-order valence-electron chi connectivity index (χ2n) is 6.51. The third kappa shape index (κ3) is 3.66. The van der Waals surface area contributed by atoms with Crippen molar-refractivity contribution in [3.63, 3.8) is 0 Å². The van der Waals surface area contributed by atoms with Gasteiger partial charge in [-0.2, -0.15) is 0 Å². The zero-order chi connectivity index (χ0) is 17.8. The van der Waals surface area contributed by atoms with Gasteiger partial charge in [-0.3, -0.25) is 0 Å². The molecule has 0 amide bonds. The van der Waals surface area contributed by atoms with Gasteiger partial charge in [0.1, 0.15) is 5.75 Å². The van der Waals surface area contributed by atoms with Crippen LogP contribution in [-0.2, 0) is 19.3 Å². The third-order valence-electron chi connectivity index (χ3n) is 4.81. The Hall–Kier alpha value is -2.58. The summed E-state index contributed by atoms with van der Waals surface area (Å²) in [6.45, 7) is 0. The summed E-state index contributed by atoms with van der Waals surface area (Å²) in [6.07, 6.45) is 3.13. The van der Waals surface area contributed by atoms with E-state index >= 15 is 0 Å². The van der Waals surface area contributed by atoms with Crippen LogP contribution in [0.1, 0.15) is 21.6 Å². The average Bonchev–Trinajstić information content (AvgIpc) is 3.04. The highest BCUT2D eigenvalue weighted by molar-refractivity contribution is 7.19. The highest BCUT2D eigenvalue weighted by Crippen LogP contribution is 2.34. The van der Waals surface area contributed by atoms with Crippen LogP contribution in [0.2, 0.25) is 0 Å². The molecular weight excluding hydrogens is 336 g/mol. The van der Waals surface area contributed by atoms with Gasteiger partial charge in [-0.05, 0) is 53.1 Å². The first kappa shape index (κ1) is 16.9. The molecule has 26 heavy (non-hydrogen) atoms. The van der Waals surface area contributed by atoms with Gasteiger partial charge in [0.2, 0.25) is 0 Å². The number of thiophene rings is 1. The minimum absolute atomic E-state index is 0.916. The summed E-state index contributed by atoms with van der Waals surface area (Å²) < 4.78 is 6.66. The lowest BCUT2D eigenvalue weighted by atomic mass is 9.99. The van der Waals surface area contributed by atoms with Gasteiger partial charge in [0.15, 0.2) is 0 Å². The molecule has 0 unspecified atom stereocenters. The Balaban J connectivity index is 1.62. The topological polar surface area (TPSA) is 9.23 Å². The summed E-state index contributed by atoms with van der Waals surface area (Å²) >= 11 is 1.94. The van der Waals surface area contributed by atoms with Gasteiger partial charge in [-0.15, -0.1) is 11.3 Å².